The lowest BCUT2D eigenvalue weighted by Gasteiger charge is -2.22. The van der Waals surface area contributed by atoms with Crippen LogP contribution in [0.15, 0.2) is 67.0 Å². The van der Waals surface area contributed by atoms with E-state index in [1.165, 1.54) is 0 Å². The molecule has 0 aliphatic carbocycles. The molecule has 0 radical (unpaired) electrons. The fourth-order valence-corrected chi connectivity index (χ4v) is 4.51. The summed E-state index contributed by atoms with van der Waals surface area (Å²) in [6.45, 7) is 3.01. The molecule has 2 aromatic carbocycles. The van der Waals surface area contributed by atoms with Crippen molar-refractivity contribution in [1.29, 1.82) is 0 Å². The van der Waals surface area contributed by atoms with Crippen LogP contribution in [-0.4, -0.2) is 50.5 Å². The standard InChI is InChI=1S/C27H25ClN4O/c28-24-8-5-21(6-9-24)22-7-11-25(29-17-22)10-3-20-4-12-27-23(16-20)18-30-32(27)15-14-31-13-1-2-26(31)19-33/h4-9,11-12,16-18,26,33H,1-2,13-15,19H2. The summed E-state index contributed by atoms with van der Waals surface area (Å²) in [6.07, 6.45) is 5.97. The second-order valence-corrected chi connectivity index (χ2v) is 8.78. The third-order valence-electron chi connectivity index (χ3n) is 6.23. The van der Waals surface area contributed by atoms with Crippen molar-refractivity contribution in [2.75, 3.05) is 19.7 Å². The highest BCUT2D eigenvalue weighted by Gasteiger charge is 2.23. The van der Waals surface area contributed by atoms with Crippen LogP contribution in [0.1, 0.15) is 24.1 Å². The summed E-state index contributed by atoms with van der Waals surface area (Å²) in [5, 5.41) is 15.9. The zero-order valence-corrected chi connectivity index (χ0v) is 19.0. The normalized spacial score (nSPS) is 16.1. The van der Waals surface area contributed by atoms with Crippen LogP contribution < -0.4 is 0 Å². The van der Waals surface area contributed by atoms with Crippen molar-refractivity contribution in [2.24, 2.45) is 0 Å². The number of hydrogen-bond acceptors (Lipinski definition) is 4. The maximum atomic E-state index is 9.52. The molecule has 1 unspecified atom stereocenters. The molecular formula is C27H25ClN4O. The average Bonchev–Trinajstić information content (AvgIpc) is 3.48. The summed E-state index contributed by atoms with van der Waals surface area (Å²) in [7, 11) is 0. The zero-order chi connectivity index (χ0) is 22.6. The van der Waals surface area contributed by atoms with Gasteiger partial charge in [0.2, 0.25) is 0 Å². The number of aliphatic hydroxyl groups excluding tert-OH is 1. The molecule has 0 spiro atoms. The SMILES string of the molecule is OCC1CCCN1CCn1ncc2cc(C#Cc3ccc(-c4ccc(Cl)cc4)cn3)ccc21. The van der Waals surface area contributed by atoms with Gasteiger partial charge >= 0.3 is 0 Å². The Morgan fingerprint density at radius 3 is 2.61 bits per heavy atom. The molecule has 6 heteroatoms. The van der Waals surface area contributed by atoms with Crippen LogP contribution in [0.4, 0.5) is 0 Å². The number of benzene rings is 2. The topological polar surface area (TPSA) is 54.2 Å². The number of hydrogen-bond donors (Lipinski definition) is 1. The molecule has 1 fully saturated rings. The summed E-state index contributed by atoms with van der Waals surface area (Å²) >= 11 is 5.97. The van der Waals surface area contributed by atoms with E-state index < -0.39 is 0 Å². The largest absolute Gasteiger partial charge is 0.395 e. The molecule has 5 rings (SSSR count). The van der Waals surface area contributed by atoms with E-state index in [0.717, 1.165) is 70.8 Å². The molecule has 0 bridgehead atoms. The van der Waals surface area contributed by atoms with Gasteiger partial charge in [-0.2, -0.15) is 5.10 Å². The minimum Gasteiger partial charge on any atom is -0.395 e. The predicted molar refractivity (Wildman–Crippen MR) is 132 cm³/mol. The lowest BCUT2D eigenvalue weighted by molar-refractivity contribution is 0.154. The maximum absolute atomic E-state index is 9.52. The van der Waals surface area contributed by atoms with Crippen LogP contribution >= 0.6 is 11.6 Å². The Morgan fingerprint density at radius 2 is 1.82 bits per heavy atom. The molecule has 1 N–H and O–H groups in total. The molecule has 5 nitrogen and oxygen atoms in total. The van der Waals surface area contributed by atoms with E-state index in [2.05, 4.69) is 39.0 Å². The van der Waals surface area contributed by atoms with E-state index in [4.69, 9.17) is 11.6 Å². The van der Waals surface area contributed by atoms with Crippen LogP contribution in [0, 0.1) is 11.8 Å². The molecule has 4 aromatic rings. The third-order valence-corrected chi connectivity index (χ3v) is 6.48. The first-order valence-corrected chi connectivity index (χ1v) is 11.6. The highest BCUT2D eigenvalue weighted by atomic mass is 35.5. The highest BCUT2D eigenvalue weighted by molar-refractivity contribution is 6.30. The number of fused-ring (bicyclic) bond motifs is 1. The van der Waals surface area contributed by atoms with Crippen LogP contribution in [0.25, 0.3) is 22.0 Å². The summed E-state index contributed by atoms with van der Waals surface area (Å²) in [4.78, 5) is 6.85. The number of aromatic nitrogens is 3. The molecule has 1 aliphatic heterocycles. The van der Waals surface area contributed by atoms with Gasteiger partial charge < -0.3 is 5.11 Å². The van der Waals surface area contributed by atoms with Gasteiger partial charge in [0.15, 0.2) is 0 Å². The molecule has 33 heavy (non-hydrogen) atoms. The molecular weight excluding hydrogens is 432 g/mol. The zero-order valence-electron chi connectivity index (χ0n) is 18.3. The van der Waals surface area contributed by atoms with Crippen LogP contribution in [0.5, 0.6) is 0 Å². The van der Waals surface area contributed by atoms with Gasteiger partial charge in [0, 0.05) is 40.3 Å². The monoisotopic (exact) mass is 456 g/mol. The Morgan fingerprint density at radius 1 is 0.970 bits per heavy atom. The molecule has 1 atom stereocenters. The second kappa shape index (κ2) is 9.76. The fourth-order valence-electron chi connectivity index (χ4n) is 4.38. The Hall–Kier alpha value is -3.17. The van der Waals surface area contributed by atoms with Gasteiger partial charge in [-0.15, -0.1) is 0 Å². The minimum atomic E-state index is 0.237. The van der Waals surface area contributed by atoms with E-state index in [-0.39, 0.29) is 6.61 Å². The van der Waals surface area contributed by atoms with Crippen molar-refractivity contribution in [3.8, 4) is 23.0 Å². The van der Waals surface area contributed by atoms with Crippen molar-refractivity contribution >= 4 is 22.5 Å². The number of pyridine rings is 1. The number of aliphatic hydroxyl groups is 1. The molecule has 1 saturated heterocycles. The van der Waals surface area contributed by atoms with Gasteiger partial charge in [-0.3, -0.25) is 9.58 Å². The van der Waals surface area contributed by atoms with Crippen molar-refractivity contribution in [1.82, 2.24) is 19.7 Å². The quantitative estimate of drug-likeness (QED) is 0.446. The summed E-state index contributed by atoms with van der Waals surface area (Å²) in [5.74, 6) is 6.37. The Bertz CT molecular complexity index is 1300. The molecule has 3 heterocycles. The molecule has 0 amide bonds. The Balaban J connectivity index is 1.27. The van der Waals surface area contributed by atoms with Gasteiger partial charge in [-0.05, 0) is 67.3 Å². The van der Waals surface area contributed by atoms with Crippen LogP contribution in [0.2, 0.25) is 5.02 Å². The van der Waals surface area contributed by atoms with Gasteiger partial charge in [0.25, 0.3) is 0 Å². The van der Waals surface area contributed by atoms with E-state index in [0.29, 0.717) is 6.04 Å². The Kier molecular flexibility index (Phi) is 6.41. The number of likely N-dealkylation sites (tertiary alicyclic amines) is 1. The first-order chi connectivity index (χ1) is 16.2. The molecule has 1 aliphatic rings. The lowest BCUT2D eigenvalue weighted by atomic mass is 10.1. The first kappa shape index (κ1) is 21.7. The first-order valence-electron chi connectivity index (χ1n) is 11.2. The van der Waals surface area contributed by atoms with Gasteiger partial charge in [-0.1, -0.05) is 35.7 Å². The lowest BCUT2D eigenvalue weighted by Crippen LogP contribution is -2.34. The van der Waals surface area contributed by atoms with Gasteiger partial charge in [-0.25, -0.2) is 4.98 Å². The summed E-state index contributed by atoms with van der Waals surface area (Å²) in [5.41, 5.74) is 4.87. The summed E-state index contributed by atoms with van der Waals surface area (Å²) < 4.78 is 2.04. The summed E-state index contributed by atoms with van der Waals surface area (Å²) in [6, 6.07) is 18.1. The smallest absolute Gasteiger partial charge is 0.113 e. The van der Waals surface area contributed by atoms with Crippen LogP contribution in [-0.2, 0) is 6.54 Å². The van der Waals surface area contributed by atoms with Gasteiger partial charge in [0.05, 0.1) is 24.9 Å². The number of nitrogens with zero attached hydrogens (tertiary/aromatic N) is 4. The fraction of sp³-hybridized carbons (Fsp3) is 0.259. The van der Waals surface area contributed by atoms with Crippen molar-refractivity contribution in [3.63, 3.8) is 0 Å². The number of rotatable bonds is 5. The van der Waals surface area contributed by atoms with Crippen molar-refractivity contribution in [3.05, 3.63) is 83.3 Å². The van der Waals surface area contributed by atoms with Gasteiger partial charge in [0.1, 0.15) is 5.69 Å². The molecule has 2 aromatic heterocycles. The predicted octanol–water partition coefficient (Wildman–Crippen LogP) is 4.61. The highest BCUT2D eigenvalue weighted by Crippen LogP contribution is 2.21. The minimum absolute atomic E-state index is 0.237. The van der Waals surface area contributed by atoms with Crippen LogP contribution in [0.3, 0.4) is 0 Å². The van der Waals surface area contributed by atoms with Crippen molar-refractivity contribution < 1.29 is 5.11 Å². The molecule has 0 saturated carbocycles. The van der Waals surface area contributed by atoms with E-state index in [1.54, 1.807) is 0 Å². The average molecular weight is 457 g/mol. The van der Waals surface area contributed by atoms with E-state index >= 15 is 0 Å². The maximum Gasteiger partial charge on any atom is 0.113 e. The molecule has 166 valence electrons. The van der Waals surface area contributed by atoms with E-state index in [9.17, 15) is 5.11 Å². The Labute approximate surface area is 198 Å². The second-order valence-electron chi connectivity index (χ2n) is 8.34. The number of halogens is 1. The van der Waals surface area contributed by atoms with Crippen molar-refractivity contribution in [2.45, 2.75) is 25.4 Å². The van der Waals surface area contributed by atoms with E-state index in [1.807, 2.05) is 59.5 Å². The third kappa shape index (κ3) is 4.94.